The Kier molecular flexibility index (Phi) is 6.19. The van der Waals surface area contributed by atoms with Crippen molar-refractivity contribution < 1.29 is 22.7 Å². The van der Waals surface area contributed by atoms with Crippen LogP contribution in [0, 0.1) is 6.92 Å². The summed E-state index contributed by atoms with van der Waals surface area (Å²) in [4.78, 5) is 26.0. The number of rotatable bonds is 6. The van der Waals surface area contributed by atoms with Crippen molar-refractivity contribution in [2.24, 2.45) is 0 Å². The maximum Gasteiger partial charge on any atom is 0.325 e. The third-order valence-electron chi connectivity index (χ3n) is 6.53. The molecule has 4 atom stereocenters. The van der Waals surface area contributed by atoms with Gasteiger partial charge in [-0.1, -0.05) is 48.0 Å². The van der Waals surface area contributed by atoms with Crippen molar-refractivity contribution in [3.63, 3.8) is 0 Å². The van der Waals surface area contributed by atoms with E-state index in [0.717, 1.165) is 11.1 Å². The molecule has 36 heavy (non-hydrogen) atoms. The van der Waals surface area contributed by atoms with Crippen LogP contribution in [0.5, 0.6) is 5.88 Å². The Hall–Kier alpha value is -3.83. The maximum atomic E-state index is 14.3. The molecule has 10 nitrogen and oxygen atoms in total. The number of aryl methyl sites for hydroxylation is 1. The lowest BCUT2D eigenvalue weighted by molar-refractivity contribution is -0.143. The van der Waals surface area contributed by atoms with Gasteiger partial charge in [0.05, 0.1) is 37.5 Å². The number of nitrogens with zero attached hydrogens (tertiary/aromatic N) is 4. The number of hydrogen-bond donors (Lipinski definition) is 1. The minimum absolute atomic E-state index is 0.160. The second-order valence-electron chi connectivity index (χ2n) is 8.58. The highest BCUT2D eigenvalue weighted by molar-refractivity contribution is 7.92. The Balaban J connectivity index is 1.76. The number of imidazole rings is 1. The SMILES string of the molecule is COC(=O)[C@@H]1N[C@H](c2ccccc2)[C@@H](S(=O)(=O)c2ccc(C)cc2)[C@@H]1n1cnc2c(OC)ncnc21. The van der Waals surface area contributed by atoms with Crippen LogP contribution in [0.25, 0.3) is 11.2 Å². The number of carbonyl (C=O) groups is 1. The van der Waals surface area contributed by atoms with Crippen LogP contribution in [-0.4, -0.2) is 59.4 Å². The van der Waals surface area contributed by atoms with Crippen molar-refractivity contribution >= 4 is 27.0 Å². The Morgan fingerprint density at radius 3 is 2.39 bits per heavy atom. The lowest BCUT2D eigenvalue weighted by Gasteiger charge is -2.26. The van der Waals surface area contributed by atoms with Crippen molar-refractivity contribution in [2.75, 3.05) is 14.2 Å². The average Bonchev–Trinajstić information content (AvgIpc) is 3.51. The number of fused-ring (bicyclic) bond motifs is 1. The number of aromatic nitrogens is 4. The Bertz CT molecular complexity index is 1510. The largest absolute Gasteiger partial charge is 0.479 e. The van der Waals surface area contributed by atoms with Crippen LogP contribution in [0.2, 0.25) is 0 Å². The van der Waals surface area contributed by atoms with Crippen LogP contribution >= 0.6 is 0 Å². The summed E-state index contributed by atoms with van der Waals surface area (Å²) in [6.45, 7) is 1.89. The number of benzene rings is 2. The third-order valence-corrected chi connectivity index (χ3v) is 8.72. The summed E-state index contributed by atoms with van der Waals surface area (Å²) in [6.07, 6.45) is 2.78. The van der Waals surface area contributed by atoms with Gasteiger partial charge in [-0.3, -0.25) is 10.1 Å². The lowest BCUT2D eigenvalue weighted by atomic mass is 10.0. The van der Waals surface area contributed by atoms with Gasteiger partial charge in [-0.15, -0.1) is 0 Å². The van der Waals surface area contributed by atoms with Gasteiger partial charge in [0.1, 0.15) is 17.6 Å². The van der Waals surface area contributed by atoms with Gasteiger partial charge in [0.25, 0.3) is 0 Å². The van der Waals surface area contributed by atoms with Crippen LogP contribution in [-0.2, 0) is 19.4 Å². The highest BCUT2D eigenvalue weighted by Gasteiger charge is 2.55. The predicted molar refractivity (Wildman–Crippen MR) is 131 cm³/mol. The molecule has 0 aliphatic carbocycles. The Morgan fingerprint density at radius 1 is 1.00 bits per heavy atom. The van der Waals surface area contributed by atoms with E-state index in [9.17, 15) is 13.2 Å². The summed E-state index contributed by atoms with van der Waals surface area (Å²) in [5.74, 6) is -0.345. The van der Waals surface area contributed by atoms with Crippen molar-refractivity contribution in [1.29, 1.82) is 0 Å². The lowest BCUT2D eigenvalue weighted by Crippen LogP contribution is -2.40. The van der Waals surface area contributed by atoms with Crippen molar-refractivity contribution in [3.8, 4) is 5.88 Å². The van der Waals surface area contributed by atoms with E-state index in [2.05, 4.69) is 20.3 Å². The minimum atomic E-state index is -3.98. The molecule has 186 valence electrons. The van der Waals surface area contributed by atoms with Gasteiger partial charge in [-0.05, 0) is 24.6 Å². The summed E-state index contributed by atoms with van der Waals surface area (Å²) in [6, 6.07) is 13.2. The van der Waals surface area contributed by atoms with Crippen LogP contribution in [0.1, 0.15) is 23.2 Å². The molecule has 11 heteroatoms. The number of methoxy groups -OCH3 is 2. The second-order valence-corrected chi connectivity index (χ2v) is 10.7. The molecule has 1 fully saturated rings. The fourth-order valence-electron chi connectivity index (χ4n) is 4.82. The molecule has 0 unspecified atom stereocenters. The molecule has 0 radical (unpaired) electrons. The van der Waals surface area contributed by atoms with Crippen molar-refractivity contribution in [1.82, 2.24) is 24.8 Å². The molecule has 4 aromatic rings. The summed E-state index contributed by atoms with van der Waals surface area (Å²) < 4.78 is 40.5. The van der Waals surface area contributed by atoms with E-state index < -0.39 is 39.2 Å². The van der Waals surface area contributed by atoms with E-state index in [4.69, 9.17) is 9.47 Å². The summed E-state index contributed by atoms with van der Waals surface area (Å²) in [7, 11) is -1.24. The molecule has 1 aliphatic rings. The molecule has 1 aliphatic heterocycles. The normalized spacial score (nSPS) is 22.0. The fourth-order valence-corrected chi connectivity index (χ4v) is 6.90. The predicted octanol–water partition coefficient (Wildman–Crippen LogP) is 2.41. The molecule has 2 aromatic carbocycles. The monoisotopic (exact) mass is 507 g/mol. The first kappa shape index (κ1) is 23.9. The van der Waals surface area contributed by atoms with Gasteiger partial charge in [0, 0.05) is 0 Å². The van der Waals surface area contributed by atoms with Gasteiger partial charge in [0.15, 0.2) is 21.0 Å². The maximum absolute atomic E-state index is 14.3. The smallest absolute Gasteiger partial charge is 0.325 e. The van der Waals surface area contributed by atoms with Gasteiger partial charge < -0.3 is 14.0 Å². The zero-order valence-corrected chi connectivity index (χ0v) is 20.7. The first-order valence-corrected chi connectivity index (χ1v) is 12.8. The zero-order valence-electron chi connectivity index (χ0n) is 19.9. The quantitative estimate of drug-likeness (QED) is 0.392. The van der Waals surface area contributed by atoms with Gasteiger partial charge >= 0.3 is 5.97 Å². The van der Waals surface area contributed by atoms with Crippen LogP contribution < -0.4 is 10.1 Å². The number of esters is 1. The zero-order chi connectivity index (χ0) is 25.4. The fraction of sp³-hybridized carbons (Fsp3) is 0.280. The Labute approximate surface area is 208 Å². The number of ether oxygens (including phenoxy) is 2. The molecule has 1 N–H and O–H groups in total. The van der Waals surface area contributed by atoms with E-state index >= 15 is 0 Å². The Morgan fingerprint density at radius 2 is 1.72 bits per heavy atom. The summed E-state index contributed by atoms with van der Waals surface area (Å²) in [5.41, 5.74) is 2.37. The number of hydrogen-bond acceptors (Lipinski definition) is 9. The highest BCUT2D eigenvalue weighted by Crippen LogP contribution is 2.43. The van der Waals surface area contributed by atoms with E-state index in [0.29, 0.717) is 11.2 Å². The number of carbonyl (C=O) groups excluding carboxylic acids is 1. The van der Waals surface area contributed by atoms with Crippen LogP contribution in [0.3, 0.4) is 0 Å². The van der Waals surface area contributed by atoms with Gasteiger partial charge in [-0.2, -0.15) is 4.98 Å². The molecule has 0 bridgehead atoms. The van der Waals surface area contributed by atoms with Gasteiger partial charge in [0.2, 0.25) is 5.88 Å². The topological polar surface area (TPSA) is 125 Å². The van der Waals surface area contributed by atoms with Crippen LogP contribution in [0.15, 0.2) is 72.1 Å². The van der Waals surface area contributed by atoms with Crippen LogP contribution in [0.4, 0.5) is 0 Å². The van der Waals surface area contributed by atoms with Gasteiger partial charge in [-0.25, -0.2) is 18.4 Å². The molecular weight excluding hydrogens is 482 g/mol. The molecule has 0 spiro atoms. The average molecular weight is 508 g/mol. The number of sulfone groups is 1. The third kappa shape index (κ3) is 3.90. The number of nitrogens with one attached hydrogen (secondary N) is 1. The molecule has 0 amide bonds. The summed E-state index contributed by atoms with van der Waals surface area (Å²) in [5, 5.41) is 2.16. The van der Waals surface area contributed by atoms with E-state index in [1.54, 1.807) is 28.8 Å². The first-order valence-electron chi connectivity index (χ1n) is 11.3. The molecule has 3 heterocycles. The van der Waals surface area contributed by atoms with Crippen molar-refractivity contribution in [2.45, 2.75) is 35.2 Å². The second kappa shape index (κ2) is 9.32. The molecule has 0 saturated carbocycles. The first-order chi connectivity index (χ1) is 17.4. The molecule has 2 aromatic heterocycles. The molecule has 5 rings (SSSR count). The highest BCUT2D eigenvalue weighted by atomic mass is 32.2. The van der Waals surface area contributed by atoms with E-state index in [-0.39, 0.29) is 10.8 Å². The molecule has 1 saturated heterocycles. The van der Waals surface area contributed by atoms with E-state index in [1.807, 2.05) is 37.3 Å². The standard InChI is InChI=1S/C25H25N5O5S/c1-15-9-11-17(12-10-15)36(32,33)22-18(16-7-5-4-6-8-16)29-19(25(31)35-3)21(22)30-14-28-20-23(30)26-13-27-24(20)34-2/h4-14,18-19,21-22,29H,1-3H3/t18-,19-,21-,22-/m1/s1. The summed E-state index contributed by atoms with van der Waals surface area (Å²) >= 11 is 0. The minimum Gasteiger partial charge on any atom is -0.479 e. The van der Waals surface area contributed by atoms with E-state index in [1.165, 1.54) is 26.9 Å². The van der Waals surface area contributed by atoms with Crippen molar-refractivity contribution in [3.05, 3.63) is 78.4 Å². The molecular formula is C25H25N5O5S.